The summed E-state index contributed by atoms with van der Waals surface area (Å²) in [7, 11) is 0. The van der Waals surface area contributed by atoms with Gasteiger partial charge < -0.3 is 17.1 Å². The van der Waals surface area contributed by atoms with Crippen LogP contribution in [0.2, 0.25) is 5.28 Å². The van der Waals surface area contributed by atoms with Crippen molar-refractivity contribution in [1.29, 1.82) is 0 Å². The third kappa shape index (κ3) is 9.01. The van der Waals surface area contributed by atoms with E-state index in [0.29, 0.717) is 6.10 Å². The summed E-state index contributed by atoms with van der Waals surface area (Å²) in [6.45, 7) is 8.34. The van der Waals surface area contributed by atoms with Gasteiger partial charge in [-0.3, -0.25) is 0 Å². The molecule has 4 nitrogen and oxygen atoms in total. The molecule has 0 N–H and O–H groups in total. The van der Waals surface area contributed by atoms with Crippen molar-refractivity contribution in [2.24, 2.45) is 0 Å². The lowest BCUT2D eigenvalue weighted by atomic mass is 10.5. The first kappa shape index (κ1) is 15.4. The largest absolute Gasteiger partial charge is 0.674 e. The lowest BCUT2D eigenvalue weighted by Crippen LogP contribution is -2.24. The van der Waals surface area contributed by atoms with Crippen LogP contribution in [0.5, 0.6) is 0 Å². The summed E-state index contributed by atoms with van der Waals surface area (Å²) >= 11 is -1.43. The van der Waals surface area contributed by atoms with E-state index in [4.69, 9.17) is 17.1 Å². The molecule has 1 saturated heterocycles. The SMILES string of the molecule is CCC[O][Al]([CH2]CCOCC1CO1)[O]CCC. The monoisotopic (exact) mass is 260 g/mol. The molecule has 0 saturated carbocycles. The minimum absolute atomic E-state index is 0.371. The molecule has 1 aliphatic rings. The first-order valence-corrected chi connectivity index (χ1v) is 8.55. The van der Waals surface area contributed by atoms with Crippen LogP contribution in [0.1, 0.15) is 33.1 Å². The van der Waals surface area contributed by atoms with Crippen LogP contribution in [-0.2, 0) is 17.1 Å². The molecule has 0 bridgehead atoms. The van der Waals surface area contributed by atoms with Gasteiger partial charge in [0.25, 0.3) is 0 Å². The Morgan fingerprint density at radius 3 is 2.29 bits per heavy atom. The smallest absolute Gasteiger partial charge is 0.478 e. The molecule has 0 amide bonds. The number of hydrogen-bond donors (Lipinski definition) is 0. The van der Waals surface area contributed by atoms with Gasteiger partial charge in [0.15, 0.2) is 0 Å². The lowest BCUT2D eigenvalue weighted by Gasteiger charge is -2.12. The summed E-state index contributed by atoms with van der Waals surface area (Å²) in [5.41, 5.74) is 0. The van der Waals surface area contributed by atoms with E-state index in [1.165, 1.54) is 0 Å². The fourth-order valence-corrected chi connectivity index (χ4v) is 3.37. The number of ether oxygens (including phenoxy) is 2. The molecule has 0 radical (unpaired) electrons. The zero-order valence-electron chi connectivity index (χ0n) is 11.2. The Kier molecular flexibility index (Phi) is 9.36. The molecular formula is C12H25AlO4. The maximum atomic E-state index is 5.77. The third-order valence-electron chi connectivity index (χ3n) is 2.45. The second-order valence-electron chi connectivity index (χ2n) is 4.34. The molecule has 17 heavy (non-hydrogen) atoms. The van der Waals surface area contributed by atoms with Gasteiger partial charge in [0.2, 0.25) is 0 Å². The molecule has 1 atom stereocenters. The van der Waals surface area contributed by atoms with Crippen molar-refractivity contribution in [3.8, 4) is 0 Å². The van der Waals surface area contributed by atoms with Crippen LogP contribution in [-0.4, -0.2) is 54.0 Å². The van der Waals surface area contributed by atoms with Gasteiger partial charge in [0.05, 0.1) is 13.2 Å². The molecule has 100 valence electrons. The Labute approximate surface area is 110 Å². The lowest BCUT2D eigenvalue weighted by molar-refractivity contribution is 0.114. The molecule has 1 heterocycles. The van der Waals surface area contributed by atoms with E-state index in [-0.39, 0.29) is 0 Å². The molecular weight excluding hydrogens is 235 g/mol. The van der Waals surface area contributed by atoms with Crippen LogP contribution in [0.25, 0.3) is 0 Å². The van der Waals surface area contributed by atoms with Gasteiger partial charge >= 0.3 is 14.8 Å². The van der Waals surface area contributed by atoms with E-state index < -0.39 is 14.8 Å². The van der Waals surface area contributed by atoms with E-state index in [9.17, 15) is 0 Å². The molecule has 1 unspecified atom stereocenters. The van der Waals surface area contributed by atoms with Crippen molar-refractivity contribution in [1.82, 2.24) is 0 Å². The molecule has 0 aromatic carbocycles. The summed E-state index contributed by atoms with van der Waals surface area (Å²) in [5.74, 6) is 0. The van der Waals surface area contributed by atoms with Gasteiger partial charge in [-0.05, 0) is 24.5 Å². The highest BCUT2D eigenvalue weighted by Gasteiger charge is 2.25. The second kappa shape index (κ2) is 10.3. The van der Waals surface area contributed by atoms with Crippen LogP contribution >= 0.6 is 0 Å². The highest BCUT2D eigenvalue weighted by molar-refractivity contribution is 6.44. The molecule has 0 aromatic heterocycles. The maximum absolute atomic E-state index is 5.77. The molecule has 1 fully saturated rings. The fraction of sp³-hybridized carbons (Fsp3) is 1.00. The Morgan fingerprint density at radius 1 is 1.12 bits per heavy atom. The highest BCUT2D eigenvalue weighted by Crippen LogP contribution is 2.09. The first-order valence-electron chi connectivity index (χ1n) is 6.79. The first-order chi connectivity index (χ1) is 8.36. The van der Waals surface area contributed by atoms with E-state index in [1.54, 1.807) is 0 Å². The summed E-state index contributed by atoms with van der Waals surface area (Å²) in [5, 5.41) is 1.05. The van der Waals surface area contributed by atoms with Gasteiger partial charge in [-0.25, -0.2) is 0 Å². The molecule has 0 spiro atoms. The van der Waals surface area contributed by atoms with Crippen LogP contribution in [0.4, 0.5) is 0 Å². The zero-order valence-corrected chi connectivity index (χ0v) is 12.3. The van der Waals surface area contributed by atoms with Crippen molar-refractivity contribution in [3.63, 3.8) is 0 Å². The van der Waals surface area contributed by atoms with Gasteiger partial charge in [0, 0.05) is 19.8 Å². The van der Waals surface area contributed by atoms with Crippen LogP contribution in [0.3, 0.4) is 0 Å². The van der Waals surface area contributed by atoms with Gasteiger partial charge in [0.1, 0.15) is 6.10 Å². The van der Waals surface area contributed by atoms with Crippen LogP contribution < -0.4 is 0 Å². The minimum Gasteiger partial charge on any atom is -0.478 e. The van der Waals surface area contributed by atoms with Crippen molar-refractivity contribution < 1.29 is 17.1 Å². The molecule has 1 rings (SSSR count). The normalized spacial score (nSPS) is 18.4. The van der Waals surface area contributed by atoms with Gasteiger partial charge in [-0.1, -0.05) is 13.8 Å². The average Bonchev–Trinajstić information content (AvgIpc) is 3.15. The standard InChI is InChI=1S/C6H11O2.2C3H7O.Al/c1-2-3-7-4-6-5-8-6;2*1-2-3-4;/h6H,1-5H2;2*2-3H2,1H3;/q;2*-1;+2. The predicted octanol–water partition coefficient (Wildman–Crippen LogP) is 2.13. The summed E-state index contributed by atoms with van der Waals surface area (Å²) < 4.78 is 22.1. The van der Waals surface area contributed by atoms with Crippen molar-refractivity contribution in [3.05, 3.63) is 0 Å². The van der Waals surface area contributed by atoms with Gasteiger partial charge in [-0.2, -0.15) is 0 Å². The van der Waals surface area contributed by atoms with Crippen LogP contribution in [0, 0.1) is 0 Å². The van der Waals surface area contributed by atoms with E-state index in [0.717, 1.165) is 57.6 Å². The number of epoxide rings is 1. The van der Waals surface area contributed by atoms with Crippen molar-refractivity contribution in [2.45, 2.75) is 44.5 Å². The Hall–Kier alpha value is 0.372. The molecule has 0 aromatic rings. The number of rotatable bonds is 12. The quantitative estimate of drug-likeness (QED) is 0.306. The Balaban J connectivity index is 1.95. The van der Waals surface area contributed by atoms with Crippen LogP contribution in [0.15, 0.2) is 0 Å². The van der Waals surface area contributed by atoms with Crippen molar-refractivity contribution >= 4 is 14.8 Å². The predicted molar refractivity (Wildman–Crippen MR) is 68.2 cm³/mol. The fourth-order valence-electron chi connectivity index (χ4n) is 1.44. The molecule has 1 aliphatic heterocycles. The van der Waals surface area contributed by atoms with E-state index in [1.807, 2.05) is 0 Å². The minimum atomic E-state index is -1.43. The molecule has 5 heteroatoms. The summed E-state index contributed by atoms with van der Waals surface area (Å²) in [6.07, 6.45) is 3.54. The topological polar surface area (TPSA) is 40.2 Å². The third-order valence-corrected chi connectivity index (χ3v) is 4.54. The highest BCUT2D eigenvalue weighted by atomic mass is 27.2. The number of hydrogen-bond acceptors (Lipinski definition) is 4. The van der Waals surface area contributed by atoms with E-state index >= 15 is 0 Å². The summed E-state index contributed by atoms with van der Waals surface area (Å²) in [6, 6.07) is 0. The molecule has 0 aliphatic carbocycles. The average molecular weight is 260 g/mol. The maximum Gasteiger partial charge on any atom is 0.674 e. The Morgan fingerprint density at radius 2 is 1.76 bits per heavy atom. The van der Waals surface area contributed by atoms with Crippen molar-refractivity contribution in [2.75, 3.05) is 33.0 Å². The van der Waals surface area contributed by atoms with E-state index in [2.05, 4.69) is 13.8 Å². The Bertz CT molecular complexity index is 168. The van der Waals surface area contributed by atoms with Gasteiger partial charge in [-0.15, -0.1) is 0 Å². The zero-order chi connectivity index (χ0) is 12.3. The second-order valence-corrected chi connectivity index (χ2v) is 6.45. The summed E-state index contributed by atoms with van der Waals surface area (Å²) in [4.78, 5) is 0.